The van der Waals surface area contributed by atoms with Gasteiger partial charge < -0.3 is 14.4 Å². The van der Waals surface area contributed by atoms with Crippen LogP contribution < -0.4 is 0 Å². The molecule has 3 aliphatic heterocycles. The van der Waals surface area contributed by atoms with E-state index in [1.54, 1.807) is 0 Å². The number of piperidine rings is 1. The number of hydrogen-bond donors (Lipinski definition) is 0. The number of carbonyl (C=O) groups excluding carboxylic acids is 1. The van der Waals surface area contributed by atoms with Crippen LogP contribution in [0.4, 0.5) is 0 Å². The zero-order chi connectivity index (χ0) is 18.0. The molecular formula is C21H30N2O3. The van der Waals surface area contributed by atoms with Crippen molar-refractivity contribution in [2.24, 2.45) is 5.92 Å². The number of carbonyl (C=O) groups is 1. The lowest BCUT2D eigenvalue weighted by Gasteiger charge is -2.40. The Morgan fingerprint density at radius 3 is 2.46 bits per heavy atom. The van der Waals surface area contributed by atoms with Gasteiger partial charge in [-0.2, -0.15) is 0 Å². The summed E-state index contributed by atoms with van der Waals surface area (Å²) in [6.07, 6.45) is 4.02. The number of nitrogens with zero attached hydrogens (tertiary/aromatic N) is 2. The molecule has 0 saturated carbocycles. The predicted molar refractivity (Wildman–Crippen MR) is 99.5 cm³/mol. The standard InChI is InChI=1S/C21H30N2O3/c1-21(25-14-15-26-21)18-9-12-22(13-10-18)20(24)19-8-5-11-23(19)16-17-6-3-2-4-7-17/h2-4,6-7,18-19H,5,8-16H2,1H3. The Balaban J connectivity index is 1.34. The van der Waals surface area contributed by atoms with Crippen LogP contribution in [0.15, 0.2) is 30.3 Å². The molecule has 4 rings (SSSR count). The first-order chi connectivity index (χ1) is 12.7. The summed E-state index contributed by atoms with van der Waals surface area (Å²) in [4.78, 5) is 17.6. The lowest BCUT2D eigenvalue weighted by Crippen LogP contribution is -2.51. The van der Waals surface area contributed by atoms with E-state index in [2.05, 4.69) is 41.0 Å². The van der Waals surface area contributed by atoms with Crippen LogP contribution in [0.5, 0.6) is 0 Å². The van der Waals surface area contributed by atoms with Gasteiger partial charge in [-0.05, 0) is 44.7 Å². The average Bonchev–Trinajstić information content (AvgIpc) is 3.32. The van der Waals surface area contributed by atoms with E-state index in [4.69, 9.17) is 9.47 Å². The van der Waals surface area contributed by atoms with Crippen molar-refractivity contribution in [3.05, 3.63) is 35.9 Å². The molecule has 5 heteroatoms. The number of ether oxygens (including phenoxy) is 2. The lowest BCUT2D eigenvalue weighted by molar-refractivity contribution is -0.191. The molecule has 5 nitrogen and oxygen atoms in total. The Bertz CT molecular complexity index is 607. The summed E-state index contributed by atoms with van der Waals surface area (Å²) in [6.45, 7) is 6.96. The monoisotopic (exact) mass is 358 g/mol. The van der Waals surface area contributed by atoms with Crippen LogP contribution in [0.2, 0.25) is 0 Å². The van der Waals surface area contributed by atoms with Gasteiger partial charge in [0.1, 0.15) is 0 Å². The van der Waals surface area contributed by atoms with Crippen molar-refractivity contribution in [2.45, 2.75) is 51.0 Å². The zero-order valence-electron chi connectivity index (χ0n) is 15.7. The van der Waals surface area contributed by atoms with Crippen molar-refractivity contribution in [2.75, 3.05) is 32.8 Å². The quantitative estimate of drug-likeness (QED) is 0.830. The molecule has 1 atom stereocenters. The first-order valence-corrected chi connectivity index (χ1v) is 10.0. The van der Waals surface area contributed by atoms with Crippen molar-refractivity contribution in [1.29, 1.82) is 0 Å². The number of hydrogen-bond acceptors (Lipinski definition) is 4. The van der Waals surface area contributed by atoms with E-state index in [0.717, 1.165) is 51.9 Å². The highest BCUT2D eigenvalue weighted by atomic mass is 16.7. The van der Waals surface area contributed by atoms with Crippen LogP contribution in [-0.4, -0.2) is 60.4 Å². The first kappa shape index (κ1) is 18.0. The highest BCUT2D eigenvalue weighted by Crippen LogP contribution is 2.35. The fraction of sp³-hybridized carbons (Fsp3) is 0.667. The Morgan fingerprint density at radius 1 is 1.08 bits per heavy atom. The molecule has 3 saturated heterocycles. The smallest absolute Gasteiger partial charge is 0.239 e. The van der Waals surface area contributed by atoms with Crippen LogP contribution in [-0.2, 0) is 20.8 Å². The minimum atomic E-state index is -0.443. The van der Waals surface area contributed by atoms with E-state index in [1.807, 2.05) is 6.07 Å². The van der Waals surface area contributed by atoms with Crippen LogP contribution >= 0.6 is 0 Å². The third-order valence-corrected chi connectivity index (χ3v) is 6.29. The third-order valence-electron chi connectivity index (χ3n) is 6.29. The van der Waals surface area contributed by atoms with E-state index in [-0.39, 0.29) is 6.04 Å². The van der Waals surface area contributed by atoms with Crippen molar-refractivity contribution in [3.63, 3.8) is 0 Å². The third kappa shape index (κ3) is 3.66. The molecule has 0 aromatic heterocycles. The molecule has 1 unspecified atom stereocenters. The Labute approximate surface area is 156 Å². The number of amides is 1. The summed E-state index contributed by atoms with van der Waals surface area (Å²) < 4.78 is 11.6. The number of likely N-dealkylation sites (tertiary alicyclic amines) is 2. The summed E-state index contributed by atoms with van der Waals surface area (Å²) in [5.74, 6) is 0.260. The zero-order valence-corrected chi connectivity index (χ0v) is 15.7. The average molecular weight is 358 g/mol. The van der Waals surface area contributed by atoms with Gasteiger partial charge >= 0.3 is 0 Å². The van der Waals surface area contributed by atoms with Gasteiger partial charge in [0, 0.05) is 25.6 Å². The fourth-order valence-corrected chi connectivity index (χ4v) is 4.71. The summed E-state index contributed by atoms with van der Waals surface area (Å²) in [7, 11) is 0. The van der Waals surface area contributed by atoms with Gasteiger partial charge in [0.25, 0.3) is 0 Å². The lowest BCUT2D eigenvalue weighted by atomic mass is 9.89. The largest absolute Gasteiger partial charge is 0.348 e. The molecule has 3 heterocycles. The summed E-state index contributed by atoms with van der Waals surface area (Å²) in [5.41, 5.74) is 1.29. The molecular weight excluding hydrogens is 328 g/mol. The van der Waals surface area contributed by atoms with Crippen LogP contribution in [0.3, 0.4) is 0 Å². The van der Waals surface area contributed by atoms with Gasteiger partial charge in [0.2, 0.25) is 5.91 Å². The molecule has 142 valence electrons. The highest BCUT2D eigenvalue weighted by molar-refractivity contribution is 5.82. The fourth-order valence-electron chi connectivity index (χ4n) is 4.71. The van der Waals surface area contributed by atoms with E-state index in [1.165, 1.54) is 5.56 Å². The van der Waals surface area contributed by atoms with E-state index in [0.29, 0.717) is 25.0 Å². The van der Waals surface area contributed by atoms with Crippen LogP contribution in [0.25, 0.3) is 0 Å². The first-order valence-electron chi connectivity index (χ1n) is 10.0. The van der Waals surface area contributed by atoms with Gasteiger partial charge in [0.05, 0.1) is 19.3 Å². The van der Waals surface area contributed by atoms with Crippen LogP contribution in [0, 0.1) is 5.92 Å². The molecule has 1 amide bonds. The van der Waals surface area contributed by atoms with Crippen molar-refractivity contribution in [1.82, 2.24) is 9.80 Å². The minimum Gasteiger partial charge on any atom is -0.348 e. The molecule has 26 heavy (non-hydrogen) atoms. The van der Waals surface area contributed by atoms with Crippen molar-refractivity contribution < 1.29 is 14.3 Å². The second-order valence-corrected chi connectivity index (χ2v) is 7.93. The Morgan fingerprint density at radius 2 is 1.77 bits per heavy atom. The molecule has 0 spiro atoms. The van der Waals surface area contributed by atoms with E-state index < -0.39 is 5.79 Å². The number of rotatable bonds is 4. The Kier molecular flexibility index (Phi) is 5.30. The summed E-state index contributed by atoms with van der Waals surface area (Å²) >= 11 is 0. The minimum absolute atomic E-state index is 0.0429. The SMILES string of the molecule is CC1(C2CCN(C(=O)C3CCCN3Cc3ccccc3)CC2)OCCO1. The normalized spacial score (nSPS) is 27.1. The van der Waals surface area contributed by atoms with E-state index in [9.17, 15) is 4.79 Å². The Hall–Kier alpha value is -1.43. The maximum absolute atomic E-state index is 13.1. The summed E-state index contributed by atoms with van der Waals surface area (Å²) in [5, 5.41) is 0. The second-order valence-electron chi connectivity index (χ2n) is 7.93. The molecule has 1 aromatic carbocycles. The van der Waals surface area contributed by atoms with Crippen molar-refractivity contribution in [3.8, 4) is 0 Å². The maximum atomic E-state index is 13.1. The van der Waals surface area contributed by atoms with E-state index >= 15 is 0 Å². The van der Waals surface area contributed by atoms with Crippen LogP contribution in [0.1, 0.15) is 38.2 Å². The van der Waals surface area contributed by atoms with Gasteiger partial charge in [-0.3, -0.25) is 9.69 Å². The highest BCUT2D eigenvalue weighted by Gasteiger charge is 2.43. The maximum Gasteiger partial charge on any atom is 0.239 e. The molecule has 0 N–H and O–H groups in total. The molecule has 0 aliphatic carbocycles. The molecule has 1 aromatic rings. The van der Waals surface area contributed by atoms with Crippen molar-refractivity contribution >= 4 is 5.91 Å². The van der Waals surface area contributed by atoms with Gasteiger partial charge in [-0.25, -0.2) is 0 Å². The molecule has 3 aliphatic rings. The topological polar surface area (TPSA) is 42.0 Å². The number of benzene rings is 1. The molecule has 0 radical (unpaired) electrons. The summed E-state index contributed by atoms with van der Waals surface area (Å²) in [6, 6.07) is 10.5. The molecule has 0 bridgehead atoms. The molecule has 3 fully saturated rings. The second kappa shape index (κ2) is 7.67. The van der Waals surface area contributed by atoms with Gasteiger partial charge in [-0.15, -0.1) is 0 Å². The van der Waals surface area contributed by atoms with Gasteiger partial charge in [0.15, 0.2) is 5.79 Å². The predicted octanol–water partition coefficient (Wildman–Crippen LogP) is 2.65. The van der Waals surface area contributed by atoms with Gasteiger partial charge in [-0.1, -0.05) is 30.3 Å².